The van der Waals surface area contributed by atoms with Gasteiger partial charge < -0.3 is 18.8 Å². The Kier molecular flexibility index (Phi) is 4.47. The largest absolute Gasteiger partial charge is 0.464 e. The van der Waals surface area contributed by atoms with E-state index < -0.39 is 0 Å². The first-order valence-corrected chi connectivity index (χ1v) is 11.6. The molecule has 0 saturated heterocycles. The van der Waals surface area contributed by atoms with Gasteiger partial charge in [0.25, 0.3) is 16.7 Å². The van der Waals surface area contributed by atoms with Gasteiger partial charge in [-0.2, -0.15) is 0 Å². The van der Waals surface area contributed by atoms with Gasteiger partial charge in [-0.15, -0.1) is 21.5 Å². The second kappa shape index (κ2) is 7.50. The number of hydrogen-bond donors (Lipinski definition) is 2. The van der Waals surface area contributed by atoms with Crippen molar-refractivity contribution < 1.29 is 8.83 Å². The van der Waals surface area contributed by atoms with Crippen LogP contribution in [0.1, 0.15) is 18.0 Å². The van der Waals surface area contributed by atoms with Crippen molar-refractivity contribution in [1.29, 1.82) is 0 Å². The maximum Gasteiger partial charge on any atom is 0.277 e. The highest BCUT2D eigenvalue weighted by molar-refractivity contribution is 7.99. The minimum absolute atomic E-state index is 0.197. The summed E-state index contributed by atoms with van der Waals surface area (Å²) < 4.78 is 11.3. The number of fused-ring (bicyclic) bond motifs is 2. The average molecular weight is 462 g/mol. The van der Waals surface area contributed by atoms with Crippen LogP contribution in [0.5, 0.6) is 0 Å². The number of thiophene rings is 1. The van der Waals surface area contributed by atoms with Crippen LogP contribution in [0, 0.1) is 0 Å². The van der Waals surface area contributed by atoms with Crippen LogP contribution in [0.25, 0.3) is 43.9 Å². The molecule has 2 N–H and O–H groups in total. The first-order valence-electron chi connectivity index (χ1n) is 9.79. The summed E-state index contributed by atoms with van der Waals surface area (Å²) in [5, 5.41) is 12.0. The van der Waals surface area contributed by atoms with Gasteiger partial charge >= 0.3 is 0 Å². The Labute approximate surface area is 188 Å². The van der Waals surface area contributed by atoms with E-state index in [-0.39, 0.29) is 10.8 Å². The van der Waals surface area contributed by atoms with E-state index in [1.807, 2.05) is 48.8 Å². The fourth-order valence-corrected chi connectivity index (χ4v) is 5.27. The van der Waals surface area contributed by atoms with Crippen molar-refractivity contribution in [3.05, 3.63) is 70.4 Å². The van der Waals surface area contributed by atoms with E-state index in [1.165, 1.54) is 23.1 Å². The van der Waals surface area contributed by atoms with Gasteiger partial charge in [0.1, 0.15) is 16.4 Å². The highest BCUT2D eigenvalue weighted by Gasteiger charge is 2.20. The zero-order chi connectivity index (χ0) is 21.7. The van der Waals surface area contributed by atoms with Gasteiger partial charge in [-0.05, 0) is 25.1 Å². The fraction of sp³-hybridized carbons (Fsp3) is 0.0909. The third-order valence-electron chi connectivity index (χ3n) is 5.14. The van der Waals surface area contributed by atoms with Crippen LogP contribution in [0.15, 0.2) is 73.1 Å². The van der Waals surface area contributed by atoms with Crippen LogP contribution >= 0.6 is 23.1 Å². The smallest absolute Gasteiger partial charge is 0.277 e. The van der Waals surface area contributed by atoms with E-state index in [2.05, 4.69) is 25.1 Å². The van der Waals surface area contributed by atoms with E-state index >= 15 is 0 Å². The molecule has 6 rings (SSSR count). The molecular weight excluding hydrogens is 446 g/mol. The first kappa shape index (κ1) is 19.1. The molecule has 0 amide bonds. The van der Waals surface area contributed by atoms with Gasteiger partial charge in [-0.3, -0.25) is 4.79 Å². The maximum atomic E-state index is 12.8. The molecular formula is C22H15N5O3S2. The molecule has 8 nitrogen and oxygen atoms in total. The zero-order valence-electron chi connectivity index (χ0n) is 16.7. The molecule has 10 heteroatoms. The number of aromatic nitrogens is 5. The number of thioether (sulfide) groups is 1. The van der Waals surface area contributed by atoms with E-state index in [9.17, 15) is 4.79 Å². The molecule has 1 aromatic carbocycles. The SMILES string of the molecule is CC(Sc1nnc(-c2c[nH]c3ccccc23)o1)c1nc2scc(-c3ccco3)c2c(=O)[nH]1. The fourth-order valence-electron chi connectivity index (χ4n) is 3.59. The predicted molar refractivity (Wildman–Crippen MR) is 124 cm³/mol. The molecule has 0 bridgehead atoms. The summed E-state index contributed by atoms with van der Waals surface area (Å²) in [6, 6.07) is 11.6. The summed E-state index contributed by atoms with van der Waals surface area (Å²) in [7, 11) is 0. The molecule has 5 heterocycles. The number of furan rings is 1. The number of rotatable bonds is 5. The van der Waals surface area contributed by atoms with Gasteiger partial charge in [0.2, 0.25) is 0 Å². The van der Waals surface area contributed by atoms with Crippen LogP contribution in [0.2, 0.25) is 0 Å². The molecule has 5 aromatic heterocycles. The van der Waals surface area contributed by atoms with Gasteiger partial charge in [0.05, 0.1) is 22.5 Å². The number of aromatic amines is 2. The predicted octanol–water partition coefficient (Wildman–Crippen LogP) is 5.63. The normalized spacial score (nSPS) is 12.7. The molecule has 0 aliphatic carbocycles. The molecule has 6 aromatic rings. The minimum atomic E-state index is -0.199. The summed E-state index contributed by atoms with van der Waals surface area (Å²) in [4.78, 5) is 24.3. The van der Waals surface area contributed by atoms with Crippen molar-refractivity contribution >= 4 is 44.2 Å². The lowest BCUT2D eigenvalue weighted by Gasteiger charge is -2.07. The van der Waals surface area contributed by atoms with Crippen LogP contribution in [0.3, 0.4) is 0 Å². The van der Waals surface area contributed by atoms with E-state index in [0.29, 0.717) is 32.9 Å². The average Bonchev–Trinajstić information content (AvgIpc) is 3.58. The van der Waals surface area contributed by atoms with Crippen molar-refractivity contribution in [2.24, 2.45) is 0 Å². The van der Waals surface area contributed by atoms with Gasteiger partial charge in [-0.25, -0.2) is 4.98 Å². The maximum absolute atomic E-state index is 12.8. The number of para-hydroxylation sites is 1. The number of benzene rings is 1. The number of hydrogen-bond acceptors (Lipinski definition) is 8. The molecule has 0 spiro atoms. The van der Waals surface area contributed by atoms with Crippen LogP contribution < -0.4 is 5.56 Å². The van der Waals surface area contributed by atoms with Crippen molar-refractivity contribution in [3.63, 3.8) is 0 Å². The number of nitrogens with one attached hydrogen (secondary N) is 2. The summed E-state index contributed by atoms with van der Waals surface area (Å²) in [5.41, 5.74) is 2.40. The lowest BCUT2D eigenvalue weighted by atomic mass is 10.2. The quantitative estimate of drug-likeness (QED) is 0.320. The van der Waals surface area contributed by atoms with E-state index in [4.69, 9.17) is 8.83 Å². The van der Waals surface area contributed by atoms with E-state index in [1.54, 1.807) is 12.3 Å². The molecule has 0 aliphatic rings. The first-order chi connectivity index (χ1) is 15.7. The Bertz CT molecular complexity index is 1610. The summed E-state index contributed by atoms with van der Waals surface area (Å²) in [5.74, 6) is 1.64. The lowest BCUT2D eigenvalue weighted by molar-refractivity contribution is 0.465. The third kappa shape index (κ3) is 3.15. The molecule has 0 radical (unpaired) electrons. The topological polar surface area (TPSA) is 114 Å². The van der Waals surface area contributed by atoms with Crippen LogP contribution in [-0.2, 0) is 0 Å². The van der Waals surface area contributed by atoms with Crippen molar-refractivity contribution in [1.82, 2.24) is 25.1 Å². The highest BCUT2D eigenvalue weighted by atomic mass is 32.2. The molecule has 1 unspecified atom stereocenters. The number of H-pyrrole nitrogens is 2. The Morgan fingerprint density at radius 3 is 2.91 bits per heavy atom. The second-order valence-electron chi connectivity index (χ2n) is 7.14. The van der Waals surface area contributed by atoms with Crippen molar-refractivity contribution in [3.8, 4) is 22.8 Å². The Morgan fingerprint density at radius 1 is 1.12 bits per heavy atom. The monoisotopic (exact) mass is 461 g/mol. The summed E-state index contributed by atoms with van der Waals surface area (Å²) >= 11 is 2.76. The zero-order valence-corrected chi connectivity index (χ0v) is 18.3. The summed E-state index contributed by atoms with van der Waals surface area (Å²) in [6.07, 6.45) is 3.44. The molecule has 0 fully saturated rings. The molecule has 0 aliphatic heterocycles. The van der Waals surface area contributed by atoms with Crippen molar-refractivity contribution in [2.45, 2.75) is 17.4 Å². The minimum Gasteiger partial charge on any atom is -0.464 e. The van der Waals surface area contributed by atoms with Crippen LogP contribution in [0.4, 0.5) is 0 Å². The third-order valence-corrected chi connectivity index (χ3v) is 6.95. The van der Waals surface area contributed by atoms with Crippen LogP contribution in [-0.4, -0.2) is 25.1 Å². The molecule has 0 saturated carbocycles. The lowest BCUT2D eigenvalue weighted by Crippen LogP contribution is -2.12. The van der Waals surface area contributed by atoms with E-state index in [0.717, 1.165) is 22.0 Å². The molecule has 158 valence electrons. The highest BCUT2D eigenvalue weighted by Crippen LogP contribution is 2.36. The Hall–Kier alpha value is -3.63. The second-order valence-corrected chi connectivity index (χ2v) is 9.29. The van der Waals surface area contributed by atoms with Gasteiger partial charge in [0.15, 0.2) is 0 Å². The standard InChI is InChI=1S/C22H15N5O3S2/c1-11(18-24-19(28)17-14(10-31-21(17)25-18)16-7-4-8-29-16)32-22-27-26-20(30-22)13-9-23-15-6-3-2-5-12(13)15/h2-11,23H,1H3,(H,24,25,28). The summed E-state index contributed by atoms with van der Waals surface area (Å²) in [6.45, 7) is 1.94. The number of nitrogens with zero attached hydrogens (tertiary/aromatic N) is 3. The van der Waals surface area contributed by atoms with Crippen molar-refractivity contribution in [2.75, 3.05) is 0 Å². The Morgan fingerprint density at radius 2 is 2.03 bits per heavy atom. The Balaban J connectivity index is 1.29. The molecule has 32 heavy (non-hydrogen) atoms. The van der Waals surface area contributed by atoms with Gasteiger partial charge in [-0.1, -0.05) is 30.0 Å². The van der Waals surface area contributed by atoms with Gasteiger partial charge in [0, 0.05) is 28.0 Å². The molecule has 1 atom stereocenters.